The molecule has 2 rings (SSSR count). The summed E-state index contributed by atoms with van der Waals surface area (Å²) in [6.07, 6.45) is 4.25. The average molecular weight is 219 g/mol. The Morgan fingerprint density at radius 1 is 1.27 bits per heavy atom. The maximum atomic E-state index is 5.76. The van der Waals surface area contributed by atoms with E-state index in [0.29, 0.717) is 17.4 Å². The quantitative estimate of drug-likeness (QED) is 0.790. The summed E-state index contributed by atoms with van der Waals surface area (Å²) < 4.78 is 5.47. The van der Waals surface area contributed by atoms with Crippen LogP contribution < -0.4 is 4.74 Å². The minimum absolute atomic E-state index is 0.499. The lowest BCUT2D eigenvalue weighted by molar-refractivity contribution is 0.304. The second-order valence-electron chi connectivity index (χ2n) is 3.04. The lowest BCUT2D eigenvalue weighted by Gasteiger charge is -2.04. The van der Waals surface area contributed by atoms with E-state index in [1.807, 2.05) is 30.3 Å². The van der Waals surface area contributed by atoms with Crippen LogP contribution in [0.4, 0.5) is 0 Å². The number of hydrogen-bond donors (Lipinski definition) is 0. The molecule has 0 bridgehead atoms. The molecule has 0 amide bonds. The highest BCUT2D eigenvalue weighted by Gasteiger charge is 1.97. The third-order valence-corrected chi connectivity index (χ3v) is 2.08. The van der Waals surface area contributed by atoms with Crippen molar-refractivity contribution in [2.75, 3.05) is 0 Å². The Bertz CT molecular complexity index is 431. The third-order valence-electron chi connectivity index (χ3n) is 1.87. The van der Waals surface area contributed by atoms with Crippen molar-refractivity contribution in [1.29, 1.82) is 0 Å². The summed E-state index contributed by atoms with van der Waals surface area (Å²) in [5.74, 6) is 0.561. The van der Waals surface area contributed by atoms with Gasteiger partial charge in [-0.2, -0.15) is 0 Å². The number of hydrogen-bond acceptors (Lipinski definition) is 2. The van der Waals surface area contributed by atoms with Gasteiger partial charge in [0.05, 0.1) is 5.02 Å². The molecule has 0 unspecified atom stereocenters. The summed E-state index contributed by atoms with van der Waals surface area (Å²) >= 11 is 5.76. The molecule has 1 aromatic heterocycles. The van der Waals surface area contributed by atoms with Crippen LogP contribution in [0.15, 0.2) is 42.6 Å². The summed E-state index contributed by atoms with van der Waals surface area (Å²) in [6, 6.07) is 11.6. The van der Waals surface area contributed by atoms with Crippen molar-refractivity contribution >= 4 is 11.6 Å². The molecule has 0 saturated carbocycles. The molecule has 1 radical (unpaired) electrons. The number of pyridine rings is 1. The van der Waals surface area contributed by atoms with E-state index in [-0.39, 0.29) is 0 Å². The fourth-order valence-electron chi connectivity index (χ4n) is 1.16. The van der Waals surface area contributed by atoms with E-state index in [9.17, 15) is 0 Å². The Hall–Kier alpha value is -1.54. The van der Waals surface area contributed by atoms with Gasteiger partial charge in [0.1, 0.15) is 18.6 Å². The van der Waals surface area contributed by atoms with Gasteiger partial charge in [0.2, 0.25) is 0 Å². The first-order valence-electron chi connectivity index (χ1n) is 4.54. The molecule has 1 heterocycles. The zero-order chi connectivity index (χ0) is 10.5. The molecule has 0 fully saturated rings. The van der Waals surface area contributed by atoms with Crippen LogP contribution in [0.2, 0.25) is 5.02 Å². The molecule has 15 heavy (non-hydrogen) atoms. The lowest BCUT2D eigenvalue weighted by atomic mass is 10.2. The highest BCUT2D eigenvalue weighted by Crippen LogP contribution is 2.15. The normalized spacial score (nSPS) is 9.93. The molecule has 0 N–H and O–H groups in total. The van der Waals surface area contributed by atoms with Crippen LogP contribution in [0, 0.1) is 6.20 Å². The highest BCUT2D eigenvalue weighted by atomic mass is 35.5. The second kappa shape index (κ2) is 4.80. The van der Waals surface area contributed by atoms with Crippen molar-refractivity contribution in [3.05, 3.63) is 59.4 Å². The molecule has 1 aromatic carbocycles. The Kier molecular flexibility index (Phi) is 3.20. The molecule has 0 aliphatic rings. The van der Waals surface area contributed by atoms with E-state index < -0.39 is 0 Å². The molecule has 0 saturated heterocycles. The summed E-state index contributed by atoms with van der Waals surface area (Å²) in [6.45, 7) is 0.499. The molecule has 75 valence electrons. The van der Waals surface area contributed by atoms with E-state index in [4.69, 9.17) is 16.3 Å². The van der Waals surface area contributed by atoms with Crippen LogP contribution in [0.25, 0.3) is 0 Å². The molecule has 3 heteroatoms. The van der Waals surface area contributed by atoms with Gasteiger partial charge in [-0.05, 0) is 5.56 Å². The van der Waals surface area contributed by atoms with Gasteiger partial charge in [-0.3, -0.25) is 0 Å². The van der Waals surface area contributed by atoms with Crippen LogP contribution in [-0.2, 0) is 6.61 Å². The molecule has 2 aromatic rings. The van der Waals surface area contributed by atoms with Gasteiger partial charge < -0.3 is 4.74 Å². The maximum absolute atomic E-state index is 5.76. The number of aromatic nitrogens is 1. The first-order chi connectivity index (χ1) is 7.34. The Morgan fingerprint density at radius 3 is 2.80 bits per heavy atom. The number of nitrogens with zero attached hydrogens (tertiary/aromatic N) is 1. The van der Waals surface area contributed by atoms with Gasteiger partial charge >= 0.3 is 0 Å². The SMILES string of the molecule is Clc1cn[c]c(OCc2ccccc2)c1. The summed E-state index contributed by atoms with van der Waals surface area (Å²) in [4.78, 5) is 3.81. The van der Waals surface area contributed by atoms with Crippen molar-refractivity contribution in [1.82, 2.24) is 4.98 Å². The third kappa shape index (κ3) is 2.96. The second-order valence-corrected chi connectivity index (χ2v) is 3.47. The molecule has 0 aliphatic carbocycles. The van der Waals surface area contributed by atoms with E-state index in [2.05, 4.69) is 11.2 Å². The van der Waals surface area contributed by atoms with Gasteiger partial charge in [-0.1, -0.05) is 41.9 Å². The standard InChI is InChI=1S/C12H9ClNO/c13-11-6-12(8-14-7-11)15-9-10-4-2-1-3-5-10/h1-7H,9H2. The molecular formula is C12H9ClNO. The van der Waals surface area contributed by atoms with E-state index in [1.165, 1.54) is 6.20 Å². The first kappa shape index (κ1) is 9.99. The van der Waals surface area contributed by atoms with Gasteiger partial charge in [0.25, 0.3) is 0 Å². The van der Waals surface area contributed by atoms with Crippen molar-refractivity contribution in [2.24, 2.45) is 0 Å². The van der Waals surface area contributed by atoms with E-state index >= 15 is 0 Å². The minimum atomic E-state index is 0.499. The molecule has 0 spiro atoms. The smallest absolute Gasteiger partial charge is 0.149 e. The van der Waals surface area contributed by atoms with Crippen LogP contribution >= 0.6 is 11.6 Å². The van der Waals surface area contributed by atoms with Gasteiger partial charge in [-0.25, -0.2) is 4.98 Å². The molecule has 0 aliphatic heterocycles. The Balaban J connectivity index is 1.99. The van der Waals surface area contributed by atoms with Crippen molar-refractivity contribution < 1.29 is 4.74 Å². The van der Waals surface area contributed by atoms with E-state index in [1.54, 1.807) is 6.07 Å². The van der Waals surface area contributed by atoms with Crippen LogP contribution in [-0.4, -0.2) is 4.98 Å². The average Bonchev–Trinajstić information content (AvgIpc) is 2.28. The Morgan fingerprint density at radius 2 is 2.07 bits per heavy atom. The lowest BCUT2D eigenvalue weighted by Crippen LogP contribution is -1.95. The molecule has 0 atom stereocenters. The highest BCUT2D eigenvalue weighted by molar-refractivity contribution is 6.30. The van der Waals surface area contributed by atoms with Crippen molar-refractivity contribution in [3.63, 3.8) is 0 Å². The Labute approximate surface area is 93.5 Å². The fraction of sp³-hybridized carbons (Fsp3) is 0.0833. The minimum Gasteiger partial charge on any atom is -0.486 e. The molecule has 2 nitrogen and oxygen atoms in total. The summed E-state index contributed by atoms with van der Waals surface area (Å²) in [5, 5.41) is 0.553. The number of halogens is 1. The monoisotopic (exact) mass is 218 g/mol. The fourth-order valence-corrected chi connectivity index (χ4v) is 1.31. The number of rotatable bonds is 3. The first-order valence-corrected chi connectivity index (χ1v) is 4.92. The largest absolute Gasteiger partial charge is 0.486 e. The topological polar surface area (TPSA) is 22.1 Å². The van der Waals surface area contributed by atoms with E-state index in [0.717, 1.165) is 5.56 Å². The zero-order valence-corrected chi connectivity index (χ0v) is 8.74. The maximum Gasteiger partial charge on any atom is 0.149 e. The van der Waals surface area contributed by atoms with Gasteiger partial charge in [0, 0.05) is 12.3 Å². The number of benzene rings is 1. The van der Waals surface area contributed by atoms with Crippen molar-refractivity contribution in [3.8, 4) is 5.75 Å². The van der Waals surface area contributed by atoms with Gasteiger partial charge in [-0.15, -0.1) is 0 Å². The van der Waals surface area contributed by atoms with Crippen molar-refractivity contribution in [2.45, 2.75) is 6.61 Å². The van der Waals surface area contributed by atoms with Crippen LogP contribution in [0.3, 0.4) is 0 Å². The summed E-state index contributed by atoms with van der Waals surface area (Å²) in [5.41, 5.74) is 1.10. The van der Waals surface area contributed by atoms with Crippen LogP contribution in [0.5, 0.6) is 5.75 Å². The van der Waals surface area contributed by atoms with Crippen LogP contribution in [0.1, 0.15) is 5.56 Å². The van der Waals surface area contributed by atoms with Gasteiger partial charge in [0.15, 0.2) is 0 Å². The predicted molar refractivity (Wildman–Crippen MR) is 58.9 cm³/mol. The predicted octanol–water partition coefficient (Wildman–Crippen LogP) is 3.11. The molecular weight excluding hydrogens is 210 g/mol. The zero-order valence-electron chi connectivity index (χ0n) is 7.98. The number of ether oxygens (including phenoxy) is 1. The summed E-state index contributed by atoms with van der Waals surface area (Å²) in [7, 11) is 0.